The van der Waals surface area contributed by atoms with Crippen molar-refractivity contribution >= 4 is 5.97 Å². The maximum absolute atomic E-state index is 11.1. The highest BCUT2D eigenvalue weighted by Gasteiger charge is 2.38. The predicted octanol–water partition coefficient (Wildman–Crippen LogP) is 4.73. The van der Waals surface area contributed by atoms with Crippen molar-refractivity contribution in [2.24, 2.45) is 0 Å². The molecule has 29 heavy (non-hydrogen) atoms. The number of phenols is 1. The van der Waals surface area contributed by atoms with Crippen LogP contribution in [0.15, 0.2) is 36.4 Å². The number of benzene rings is 2. The molecule has 0 bridgehead atoms. The maximum Gasteiger partial charge on any atom is 0.339 e. The SMILES string of the molecule is CC1(C)CCC(C)(C)c2cc(C(C)(O)COc3ccc(C(=O)O)c(O)c3)ccc21. The fourth-order valence-corrected chi connectivity index (χ4v) is 4.01. The number of carboxylic acids is 1. The van der Waals surface area contributed by atoms with E-state index in [4.69, 9.17) is 9.84 Å². The summed E-state index contributed by atoms with van der Waals surface area (Å²) in [5.74, 6) is -1.28. The molecule has 0 aromatic heterocycles. The molecule has 3 rings (SSSR count). The zero-order valence-electron chi connectivity index (χ0n) is 17.7. The summed E-state index contributed by atoms with van der Waals surface area (Å²) in [6.45, 7) is 10.7. The van der Waals surface area contributed by atoms with Gasteiger partial charge in [0.15, 0.2) is 0 Å². The molecule has 156 valence electrons. The first-order valence-corrected chi connectivity index (χ1v) is 9.90. The van der Waals surface area contributed by atoms with Gasteiger partial charge < -0.3 is 20.1 Å². The normalized spacial score (nSPS) is 19.1. The first-order valence-electron chi connectivity index (χ1n) is 9.90. The molecule has 0 amide bonds. The average molecular weight is 398 g/mol. The fourth-order valence-electron chi connectivity index (χ4n) is 4.01. The summed E-state index contributed by atoms with van der Waals surface area (Å²) in [7, 11) is 0. The molecule has 0 saturated carbocycles. The molecule has 2 aromatic rings. The van der Waals surface area contributed by atoms with Gasteiger partial charge in [-0.25, -0.2) is 4.79 Å². The van der Waals surface area contributed by atoms with E-state index in [-0.39, 0.29) is 28.7 Å². The van der Waals surface area contributed by atoms with Crippen molar-refractivity contribution in [1.29, 1.82) is 0 Å². The van der Waals surface area contributed by atoms with E-state index in [1.165, 1.54) is 29.3 Å². The van der Waals surface area contributed by atoms with Gasteiger partial charge >= 0.3 is 5.97 Å². The average Bonchev–Trinajstić information content (AvgIpc) is 2.63. The lowest BCUT2D eigenvalue weighted by molar-refractivity contribution is 0.00731. The van der Waals surface area contributed by atoms with Crippen LogP contribution in [0.1, 0.15) is 74.5 Å². The molecule has 1 atom stereocenters. The Labute approximate surface area is 172 Å². The lowest BCUT2D eigenvalue weighted by atomic mass is 9.62. The van der Waals surface area contributed by atoms with Crippen molar-refractivity contribution in [3.63, 3.8) is 0 Å². The number of aromatic carboxylic acids is 1. The molecule has 0 heterocycles. The number of fused-ring (bicyclic) bond motifs is 1. The molecule has 5 nitrogen and oxygen atoms in total. The Morgan fingerprint density at radius 1 is 1.03 bits per heavy atom. The van der Waals surface area contributed by atoms with Gasteiger partial charge in [0.25, 0.3) is 0 Å². The molecule has 0 fully saturated rings. The van der Waals surface area contributed by atoms with Gasteiger partial charge in [-0.3, -0.25) is 0 Å². The van der Waals surface area contributed by atoms with Gasteiger partial charge in [0.05, 0.1) is 0 Å². The fraction of sp³-hybridized carbons (Fsp3) is 0.458. The smallest absolute Gasteiger partial charge is 0.339 e. The van der Waals surface area contributed by atoms with E-state index in [2.05, 4.69) is 39.8 Å². The van der Waals surface area contributed by atoms with Crippen molar-refractivity contribution in [3.8, 4) is 11.5 Å². The molecule has 1 aliphatic carbocycles. The molecule has 3 N–H and O–H groups in total. The highest BCUT2D eigenvalue weighted by atomic mass is 16.5. The van der Waals surface area contributed by atoms with Gasteiger partial charge in [-0.05, 0) is 59.4 Å². The Bertz CT molecular complexity index is 940. The van der Waals surface area contributed by atoms with Gasteiger partial charge in [-0.1, -0.05) is 45.9 Å². The van der Waals surface area contributed by atoms with E-state index < -0.39 is 11.6 Å². The monoisotopic (exact) mass is 398 g/mol. The molecule has 2 aromatic carbocycles. The highest BCUT2D eigenvalue weighted by Crippen LogP contribution is 2.46. The quantitative estimate of drug-likeness (QED) is 0.678. The van der Waals surface area contributed by atoms with Crippen molar-refractivity contribution in [1.82, 2.24) is 0 Å². The van der Waals surface area contributed by atoms with Crippen LogP contribution in [-0.4, -0.2) is 27.9 Å². The number of rotatable bonds is 5. The Morgan fingerprint density at radius 2 is 1.66 bits per heavy atom. The molecule has 0 saturated heterocycles. The topological polar surface area (TPSA) is 87.0 Å². The number of aliphatic hydroxyl groups is 1. The van der Waals surface area contributed by atoms with E-state index in [0.717, 1.165) is 18.4 Å². The first kappa shape index (κ1) is 21.2. The third-order valence-electron chi connectivity index (χ3n) is 6.19. The third kappa shape index (κ3) is 4.10. The molecule has 0 aliphatic heterocycles. The van der Waals surface area contributed by atoms with E-state index in [9.17, 15) is 15.0 Å². The van der Waals surface area contributed by atoms with Crippen LogP contribution in [0.25, 0.3) is 0 Å². The zero-order chi connectivity index (χ0) is 21.6. The van der Waals surface area contributed by atoms with Crippen LogP contribution in [0, 0.1) is 0 Å². The molecule has 5 heteroatoms. The van der Waals surface area contributed by atoms with Crippen molar-refractivity contribution in [2.45, 2.75) is 63.9 Å². The molecule has 1 aliphatic rings. The van der Waals surface area contributed by atoms with Crippen molar-refractivity contribution in [3.05, 3.63) is 58.7 Å². The largest absolute Gasteiger partial charge is 0.507 e. The predicted molar refractivity (Wildman–Crippen MR) is 112 cm³/mol. The van der Waals surface area contributed by atoms with E-state index in [1.54, 1.807) is 6.92 Å². The number of carbonyl (C=O) groups is 1. The lowest BCUT2D eigenvalue weighted by Crippen LogP contribution is -2.35. The van der Waals surface area contributed by atoms with Gasteiger partial charge in [0.1, 0.15) is 29.3 Å². The van der Waals surface area contributed by atoms with Crippen LogP contribution < -0.4 is 4.74 Å². The second kappa shape index (κ2) is 7.06. The number of hydrogen-bond donors (Lipinski definition) is 3. The van der Waals surface area contributed by atoms with Crippen LogP contribution in [0.5, 0.6) is 11.5 Å². The van der Waals surface area contributed by atoms with Gasteiger partial charge in [-0.2, -0.15) is 0 Å². The third-order valence-corrected chi connectivity index (χ3v) is 6.19. The molecular weight excluding hydrogens is 368 g/mol. The lowest BCUT2D eigenvalue weighted by Gasteiger charge is -2.42. The minimum absolute atomic E-state index is 0.0263. The van der Waals surface area contributed by atoms with Crippen molar-refractivity contribution in [2.75, 3.05) is 6.61 Å². The molecule has 0 spiro atoms. The molecule has 0 radical (unpaired) electrons. The summed E-state index contributed by atoms with van der Waals surface area (Å²) in [4.78, 5) is 11.0. The zero-order valence-corrected chi connectivity index (χ0v) is 17.7. The second-order valence-corrected chi connectivity index (χ2v) is 9.57. The van der Waals surface area contributed by atoms with Crippen LogP contribution in [-0.2, 0) is 16.4 Å². The van der Waals surface area contributed by atoms with Gasteiger partial charge in [0.2, 0.25) is 0 Å². The van der Waals surface area contributed by atoms with E-state index >= 15 is 0 Å². The van der Waals surface area contributed by atoms with Crippen molar-refractivity contribution < 1.29 is 24.9 Å². The van der Waals surface area contributed by atoms with Crippen LogP contribution in [0.2, 0.25) is 0 Å². The standard InChI is InChI=1S/C24H30O5/c1-22(2)10-11-23(3,4)19-12-15(6-9-18(19)22)24(5,28)14-29-16-7-8-17(21(26)27)20(25)13-16/h6-9,12-13,25,28H,10-11,14H2,1-5H3,(H,26,27). The summed E-state index contributed by atoms with van der Waals surface area (Å²) in [5, 5.41) is 29.9. The van der Waals surface area contributed by atoms with E-state index in [1.807, 2.05) is 6.07 Å². The molecular formula is C24H30O5. The van der Waals surface area contributed by atoms with Crippen LogP contribution in [0.4, 0.5) is 0 Å². The first-order chi connectivity index (χ1) is 13.3. The summed E-state index contributed by atoms with van der Waals surface area (Å²) in [6.07, 6.45) is 2.21. The second-order valence-electron chi connectivity index (χ2n) is 9.57. The number of hydrogen-bond acceptors (Lipinski definition) is 4. The Kier molecular flexibility index (Phi) is 5.16. The maximum atomic E-state index is 11.1. The Hall–Kier alpha value is -2.53. The number of aromatic hydroxyl groups is 1. The Balaban J connectivity index is 1.85. The van der Waals surface area contributed by atoms with Gasteiger partial charge in [-0.15, -0.1) is 0 Å². The summed E-state index contributed by atoms with van der Waals surface area (Å²) in [6, 6.07) is 10.2. The van der Waals surface area contributed by atoms with Crippen LogP contribution in [0.3, 0.4) is 0 Å². The van der Waals surface area contributed by atoms with E-state index in [0.29, 0.717) is 5.75 Å². The van der Waals surface area contributed by atoms with Crippen LogP contribution >= 0.6 is 0 Å². The minimum atomic E-state index is -1.24. The van der Waals surface area contributed by atoms with Gasteiger partial charge in [0, 0.05) is 6.07 Å². The Morgan fingerprint density at radius 3 is 2.24 bits per heavy atom. The summed E-state index contributed by atoms with van der Waals surface area (Å²) >= 11 is 0. The highest BCUT2D eigenvalue weighted by molar-refractivity contribution is 5.90. The minimum Gasteiger partial charge on any atom is -0.507 e. The number of carboxylic acid groups (broad SMARTS) is 1. The summed E-state index contributed by atoms with van der Waals surface area (Å²) < 4.78 is 5.67. The summed E-state index contributed by atoms with van der Waals surface area (Å²) in [5.41, 5.74) is 2.06. The number of ether oxygens (including phenoxy) is 1. The molecule has 1 unspecified atom stereocenters.